The number of hydrogen-bond donors (Lipinski definition) is 0. The molecule has 0 aliphatic carbocycles. The fourth-order valence-corrected chi connectivity index (χ4v) is 6.29. The van der Waals surface area contributed by atoms with E-state index >= 15 is 0 Å². The van der Waals surface area contributed by atoms with Gasteiger partial charge in [0, 0.05) is 27.8 Å². The SMILES string of the molecule is C=CC(=C)OCc1cc(COC(=O)C=C)cc(C)c1C(=O)P(=O)(c1ccccc1)c1ccccc1. The second kappa shape index (κ2) is 11.5. The number of benzene rings is 3. The van der Waals surface area contributed by atoms with Crippen LogP contribution in [0.5, 0.6) is 0 Å². The number of aryl methyl sites for hydroxylation is 1. The number of esters is 1. The third-order valence-corrected chi connectivity index (χ3v) is 8.25. The lowest BCUT2D eigenvalue weighted by Gasteiger charge is -2.22. The summed E-state index contributed by atoms with van der Waals surface area (Å²) in [7, 11) is -3.73. The molecule has 0 amide bonds. The normalized spacial score (nSPS) is 10.8. The molecule has 0 N–H and O–H groups in total. The molecule has 0 heterocycles. The molecule has 178 valence electrons. The highest BCUT2D eigenvalue weighted by molar-refractivity contribution is 7.93. The molecular weight excluding hydrogens is 459 g/mol. The van der Waals surface area contributed by atoms with Crippen LogP contribution in [-0.4, -0.2) is 11.5 Å². The third-order valence-electron chi connectivity index (χ3n) is 5.40. The van der Waals surface area contributed by atoms with Crippen molar-refractivity contribution < 1.29 is 23.6 Å². The van der Waals surface area contributed by atoms with Crippen LogP contribution in [0.3, 0.4) is 0 Å². The van der Waals surface area contributed by atoms with Crippen molar-refractivity contribution in [3.05, 3.63) is 133 Å². The fourth-order valence-electron chi connectivity index (χ4n) is 3.70. The summed E-state index contributed by atoms with van der Waals surface area (Å²) in [6.45, 7) is 12.6. The van der Waals surface area contributed by atoms with Crippen molar-refractivity contribution in [2.24, 2.45) is 0 Å². The second-order valence-corrected chi connectivity index (χ2v) is 10.5. The van der Waals surface area contributed by atoms with Gasteiger partial charge < -0.3 is 14.0 Å². The Morgan fingerprint density at radius 2 is 1.43 bits per heavy atom. The van der Waals surface area contributed by atoms with Gasteiger partial charge >= 0.3 is 5.97 Å². The highest BCUT2D eigenvalue weighted by atomic mass is 31.2. The van der Waals surface area contributed by atoms with Crippen molar-refractivity contribution in [1.29, 1.82) is 0 Å². The average molecular weight is 487 g/mol. The maximum Gasteiger partial charge on any atom is 0.330 e. The summed E-state index contributed by atoms with van der Waals surface area (Å²) in [6.07, 6.45) is 2.54. The van der Waals surface area contributed by atoms with Crippen LogP contribution in [0.2, 0.25) is 0 Å². The third kappa shape index (κ3) is 5.76. The van der Waals surface area contributed by atoms with Gasteiger partial charge in [-0.1, -0.05) is 86.5 Å². The highest BCUT2D eigenvalue weighted by Gasteiger charge is 2.38. The molecular formula is C29H27O5P. The summed E-state index contributed by atoms with van der Waals surface area (Å²) in [5, 5.41) is 0.893. The van der Waals surface area contributed by atoms with Crippen LogP contribution >= 0.6 is 7.14 Å². The standard InChI is InChI=1S/C29H27O5P/c1-5-22(4)33-20-24-18-23(19-34-27(30)6-2)17-21(3)28(24)29(31)35(32,25-13-9-7-10-14-25)26-15-11-8-12-16-26/h5-18H,1-2,4,19-20H2,3H3. The zero-order valence-corrected chi connectivity index (χ0v) is 20.5. The van der Waals surface area contributed by atoms with Crippen molar-refractivity contribution >= 4 is 29.2 Å². The predicted octanol–water partition coefficient (Wildman–Crippen LogP) is 5.59. The zero-order valence-electron chi connectivity index (χ0n) is 19.6. The molecule has 0 spiro atoms. The molecule has 0 unspecified atom stereocenters. The van der Waals surface area contributed by atoms with Gasteiger partial charge in [-0.3, -0.25) is 4.79 Å². The Balaban J connectivity index is 2.17. The molecule has 3 aromatic rings. The fraction of sp³-hybridized carbons (Fsp3) is 0.103. The van der Waals surface area contributed by atoms with E-state index in [1.165, 1.54) is 6.08 Å². The van der Waals surface area contributed by atoms with Crippen molar-refractivity contribution in [3.63, 3.8) is 0 Å². The van der Waals surface area contributed by atoms with E-state index in [0.29, 0.717) is 38.6 Å². The van der Waals surface area contributed by atoms with Gasteiger partial charge in [0.25, 0.3) is 0 Å². The van der Waals surface area contributed by atoms with E-state index in [4.69, 9.17) is 9.47 Å². The molecule has 0 fully saturated rings. The molecule has 0 saturated carbocycles. The first-order valence-corrected chi connectivity index (χ1v) is 12.6. The molecule has 35 heavy (non-hydrogen) atoms. The first kappa shape index (κ1) is 25.7. The molecule has 0 bridgehead atoms. The Morgan fingerprint density at radius 3 is 1.94 bits per heavy atom. The van der Waals surface area contributed by atoms with Crippen LogP contribution in [0.1, 0.15) is 27.0 Å². The maximum absolute atomic E-state index is 14.6. The summed E-state index contributed by atoms with van der Waals surface area (Å²) in [4.78, 5) is 25.7. The van der Waals surface area contributed by atoms with Crippen LogP contribution in [0, 0.1) is 6.92 Å². The molecule has 0 aliphatic heterocycles. The molecule has 0 aliphatic rings. The molecule has 3 rings (SSSR count). The number of hydrogen-bond acceptors (Lipinski definition) is 5. The molecule has 0 radical (unpaired) electrons. The number of ether oxygens (including phenoxy) is 2. The van der Waals surface area contributed by atoms with Crippen molar-refractivity contribution in [2.75, 3.05) is 0 Å². The predicted molar refractivity (Wildman–Crippen MR) is 139 cm³/mol. The van der Waals surface area contributed by atoms with Gasteiger partial charge in [-0.2, -0.15) is 0 Å². The van der Waals surface area contributed by atoms with E-state index in [1.807, 2.05) is 12.1 Å². The minimum atomic E-state index is -3.73. The minimum absolute atomic E-state index is 0.000406. The Morgan fingerprint density at radius 1 is 0.857 bits per heavy atom. The lowest BCUT2D eigenvalue weighted by molar-refractivity contribution is -0.138. The molecule has 3 aromatic carbocycles. The van der Waals surface area contributed by atoms with Crippen molar-refractivity contribution in [3.8, 4) is 0 Å². The van der Waals surface area contributed by atoms with Crippen LogP contribution in [-0.2, 0) is 32.0 Å². The number of carbonyl (C=O) groups excluding carboxylic acids is 2. The summed E-state index contributed by atoms with van der Waals surface area (Å²) in [6, 6.07) is 21.0. The average Bonchev–Trinajstić information content (AvgIpc) is 2.90. The molecule has 0 atom stereocenters. The van der Waals surface area contributed by atoms with E-state index in [0.717, 1.165) is 6.08 Å². The zero-order chi connectivity index (χ0) is 25.4. The largest absolute Gasteiger partial charge is 0.490 e. The van der Waals surface area contributed by atoms with Gasteiger partial charge in [0.15, 0.2) is 0 Å². The summed E-state index contributed by atoms with van der Waals surface area (Å²) in [5.41, 5.74) is 1.57. The van der Waals surface area contributed by atoms with Gasteiger partial charge in [0.1, 0.15) is 19.0 Å². The molecule has 0 aromatic heterocycles. The van der Waals surface area contributed by atoms with Crippen LogP contribution in [0.15, 0.2) is 110 Å². The van der Waals surface area contributed by atoms with Crippen LogP contribution in [0.25, 0.3) is 0 Å². The summed E-state index contributed by atoms with van der Waals surface area (Å²) in [5.74, 6) is -0.225. The Bertz CT molecular complexity index is 1270. The topological polar surface area (TPSA) is 69.7 Å². The Kier molecular flexibility index (Phi) is 8.40. The van der Waals surface area contributed by atoms with Crippen LogP contribution < -0.4 is 10.6 Å². The monoisotopic (exact) mass is 486 g/mol. The summed E-state index contributed by atoms with van der Waals surface area (Å²) < 4.78 is 25.5. The smallest absolute Gasteiger partial charge is 0.330 e. The van der Waals surface area contributed by atoms with Crippen LogP contribution in [0.4, 0.5) is 0 Å². The minimum Gasteiger partial charge on any atom is -0.490 e. The second-order valence-electron chi connectivity index (χ2n) is 7.80. The first-order chi connectivity index (χ1) is 16.8. The number of carbonyl (C=O) groups is 2. The van der Waals surface area contributed by atoms with E-state index in [9.17, 15) is 14.2 Å². The lowest BCUT2D eigenvalue weighted by Crippen LogP contribution is -2.24. The Labute approximate surface area is 205 Å². The van der Waals surface area contributed by atoms with E-state index in [1.54, 1.807) is 67.6 Å². The first-order valence-electron chi connectivity index (χ1n) is 10.9. The van der Waals surface area contributed by atoms with Gasteiger partial charge in [0.2, 0.25) is 12.7 Å². The van der Waals surface area contributed by atoms with E-state index in [2.05, 4.69) is 19.7 Å². The van der Waals surface area contributed by atoms with E-state index < -0.39 is 18.6 Å². The maximum atomic E-state index is 14.6. The van der Waals surface area contributed by atoms with Gasteiger partial charge in [-0.25, -0.2) is 4.79 Å². The van der Waals surface area contributed by atoms with Crippen molar-refractivity contribution in [2.45, 2.75) is 20.1 Å². The van der Waals surface area contributed by atoms with E-state index in [-0.39, 0.29) is 13.2 Å². The lowest BCUT2D eigenvalue weighted by atomic mass is 9.99. The van der Waals surface area contributed by atoms with Crippen molar-refractivity contribution in [1.82, 2.24) is 0 Å². The summed E-state index contributed by atoms with van der Waals surface area (Å²) >= 11 is 0. The van der Waals surface area contributed by atoms with Gasteiger partial charge in [-0.15, -0.1) is 0 Å². The Hall–Kier alpha value is -3.95. The number of rotatable bonds is 11. The highest BCUT2D eigenvalue weighted by Crippen LogP contribution is 2.48. The number of allylic oxidation sites excluding steroid dienone is 1. The van der Waals surface area contributed by atoms with Gasteiger partial charge in [-0.05, 0) is 30.2 Å². The molecule has 0 saturated heterocycles. The molecule has 6 heteroatoms. The molecule has 5 nitrogen and oxygen atoms in total. The van der Waals surface area contributed by atoms with Gasteiger partial charge in [0.05, 0.1) is 0 Å². The quantitative estimate of drug-likeness (QED) is 0.116.